The highest BCUT2D eigenvalue weighted by Gasteiger charge is 2.21. The van der Waals surface area contributed by atoms with Crippen molar-refractivity contribution in [3.63, 3.8) is 0 Å². The van der Waals surface area contributed by atoms with Crippen LogP contribution in [0.1, 0.15) is 61.8 Å². The van der Waals surface area contributed by atoms with Gasteiger partial charge >= 0.3 is 5.97 Å². The molecular weight excluding hydrogens is 376 g/mol. The molecule has 30 heavy (non-hydrogen) atoms. The number of anilines is 1. The molecule has 5 nitrogen and oxygen atoms in total. The van der Waals surface area contributed by atoms with E-state index in [9.17, 15) is 9.59 Å². The quantitative estimate of drug-likeness (QED) is 0.641. The summed E-state index contributed by atoms with van der Waals surface area (Å²) in [6.45, 7) is 4.29. The highest BCUT2D eigenvalue weighted by atomic mass is 16.4. The smallest absolute Gasteiger partial charge is 0.307 e. The summed E-state index contributed by atoms with van der Waals surface area (Å²) in [5.74, 6) is -0.858. The van der Waals surface area contributed by atoms with Crippen molar-refractivity contribution in [3.05, 3.63) is 65.2 Å². The third-order valence-electron chi connectivity index (χ3n) is 5.66. The Balaban J connectivity index is 1.69. The van der Waals surface area contributed by atoms with Crippen molar-refractivity contribution < 1.29 is 14.7 Å². The molecule has 0 spiro atoms. The predicted octanol–water partition coefficient (Wildman–Crippen LogP) is 4.50. The van der Waals surface area contributed by atoms with Crippen LogP contribution in [-0.2, 0) is 22.4 Å². The van der Waals surface area contributed by atoms with E-state index in [0.29, 0.717) is 6.42 Å². The van der Waals surface area contributed by atoms with Gasteiger partial charge in [-0.3, -0.25) is 9.59 Å². The van der Waals surface area contributed by atoms with Gasteiger partial charge in [0.15, 0.2) is 0 Å². The molecule has 1 saturated heterocycles. The molecule has 0 bridgehead atoms. The molecule has 1 atom stereocenters. The first kappa shape index (κ1) is 21.9. The minimum atomic E-state index is -0.852. The normalized spacial score (nSPS) is 14.9. The fourth-order valence-corrected chi connectivity index (χ4v) is 4.18. The zero-order valence-electron chi connectivity index (χ0n) is 17.8. The number of nitrogens with one attached hydrogen (secondary N) is 1. The Morgan fingerprint density at radius 3 is 2.23 bits per heavy atom. The van der Waals surface area contributed by atoms with Crippen LogP contribution in [0.25, 0.3) is 0 Å². The minimum Gasteiger partial charge on any atom is -0.481 e. The lowest BCUT2D eigenvalue weighted by Crippen LogP contribution is -2.34. The molecule has 5 heteroatoms. The average Bonchev–Trinajstić information content (AvgIpc) is 2.75. The molecule has 3 rings (SSSR count). The van der Waals surface area contributed by atoms with Crippen molar-refractivity contribution in [2.24, 2.45) is 0 Å². The van der Waals surface area contributed by atoms with Crippen LogP contribution < -0.4 is 10.2 Å². The number of amides is 1. The average molecular weight is 409 g/mol. The van der Waals surface area contributed by atoms with Gasteiger partial charge in [-0.05, 0) is 48.4 Å². The number of rotatable bonds is 9. The molecule has 2 aromatic rings. The highest BCUT2D eigenvalue weighted by Crippen LogP contribution is 2.31. The Kier molecular flexibility index (Phi) is 7.89. The van der Waals surface area contributed by atoms with Crippen LogP contribution in [0, 0.1) is 0 Å². The van der Waals surface area contributed by atoms with E-state index in [-0.39, 0.29) is 18.4 Å². The maximum absolute atomic E-state index is 12.8. The number of piperidine rings is 1. The lowest BCUT2D eigenvalue weighted by Gasteiger charge is -2.32. The summed E-state index contributed by atoms with van der Waals surface area (Å²) >= 11 is 0. The Morgan fingerprint density at radius 1 is 0.967 bits per heavy atom. The van der Waals surface area contributed by atoms with Gasteiger partial charge in [0.2, 0.25) is 5.91 Å². The molecule has 0 radical (unpaired) electrons. The van der Waals surface area contributed by atoms with Gasteiger partial charge in [-0.2, -0.15) is 0 Å². The first-order valence-corrected chi connectivity index (χ1v) is 11.0. The standard InChI is InChI=1S/C25H32N2O3/c1-2-8-22(21-9-4-5-10-23(21)27-15-6-3-7-16-27)26-24(28)17-19-11-13-20(14-12-19)18-25(29)30/h4-5,9-14,22H,2-3,6-8,15-18H2,1H3,(H,26,28)(H,29,30). The number of hydrogen-bond acceptors (Lipinski definition) is 3. The predicted molar refractivity (Wildman–Crippen MR) is 120 cm³/mol. The topological polar surface area (TPSA) is 69.6 Å². The van der Waals surface area contributed by atoms with Gasteiger partial charge in [-0.25, -0.2) is 0 Å². The Labute approximate surface area is 179 Å². The molecule has 2 aromatic carbocycles. The fourth-order valence-electron chi connectivity index (χ4n) is 4.18. The number of carbonyl (C=O) groups excluding carboxylic acids is 1. The van der Waals surface area contributed by atoms with Gasteiger partial charge in [0.25, 0.3) is 0 Å². The van der Waals surface area contributed by atoms with Crippen LogP contribution in [0.5, 0.6) is 0 Å². The van der Waals surface area contributed by atoms with Crippen LogP contribution in [0.3, 0.4) is 0 Å². The number of nitrogens with zero attached hydrogens (tertiary/aromatic N) is 1. The number of carbonyl (C=O) groups is 2. The van der Waals surface area contributed by atoms with Crippen molar-refractivity contribution in [1.29, 1.82) is 0 Å². The first-order chi connectivity index (χ1) is 14.6. The lowest BCUT2D eigenvalue weighted by molar-refractivity contribution is -0.136. The number of hydrogen-bond donors (Lipinski definition) is 2. The fraction of sp³-hybridized carbons (Fsp3) is 0.440. The third kappa shape index (κ3) is 6.09. The van der Waals surface area contributed by atoms with Gasteiger partial charge in [0.1, 0.15) is 0 Å². The van der Waals surface area contributed by atoms with Crippen molar-refractivity contribution in [2.45, 2.75) is 57.9 Å². The molecule has 0 saturated carbocycles. The molecule has 1 fully saturated rings. The van der Waals surface area contributed by atoms with Crippen LogP contribution in [-0.4, -0.2) is 30.1 Å². The van der Waals surface area contributed by atoms with Crippen LogP contribution in [0.15, 0.2) is 48.5 Å². The lowest BCUT2D eigenvalue weighted by atomic mass is 9.98. The third-order valence-corrected chi connectivity index (χ3v) is 5.66. The largest absolute Gasteiger partial charge is 0.481 e. The number of aliphatic carboxylic acids is 1. The van der Waals surface area contributed by atoms with Crippen LogP contribution >= 0.6 is 0 Å². The maximum Gasteiger partial charge on any atom is 0.307 e. The van der Waals surface area contributed by atoms with E-state index in [1.165, 1.54) is 30.5 Å². The molecule has 1 aliphatic rings. The zero-order chi connectivity index (χ0) is 21.3. The van der Waals surface area contributed by atoms with Gasteiger partial charge in [-0.15, -0.1) is 0 Å². The van der Waals surface area contributed by atoms with E-state index in [2.05, 4.69) is 41.4 Å². The second-order valence-electron chi connectivity index (χ2n) is 8.08. The summed E-state index contributed by atoms with van der Waals surface area (Å²) in [5, 5.41) is 12.1. The molecule has 1 amide bonds. The Bertz CT molecular complexity index is 842. The highest BCUT2D eigenvalue weighted by molar-refractivity contribution is 5.79. The summed E-state index contributed by atoms with van der Waals surface area (Å²) in [7, 11) is 0. The second-order valence-corrected chi connectivity index (χ2v) is 8.08. The number of carboxylic acid groups (broad SMARTS) is 1. The molecular formula is C25H32N2O3. The number of carboxylic acids is 1. The van der Waals surface area contributed by atoms with Gasteiger partial charge in [0, 0.05) is 18.8 Å². The van der Waals surface area contributed by atoms with E-state index < -0.39 is 5.97 Å². The maximum atomic E-state index is 12.8. The van der Waals surface area contributed by atoms with Crippen molar-refractivity contribution >= 4 is 17.6 Å². The molecule has 1 unspecified atom stereocenters. The summed E-state index contributed by atoms with van der Waals surface area (Å²) in [6.07, 6.45) is 5.90. The SMILES string of the molecule is CCCC(NC(=O)Cc1ccc(CC(=O)O)cc1)c1ccccc1N1CCCCC1. The molecule has 2 N–H and O–H groups in total. The van der Waals surface area contributed by atoms with Crippen LogP contribution in [0.4, 0.5) is 5.69 Å². The van der Waals surface area contributed by atoms with E-state index in [4.69, 9.17) is 5.11 Å². The molecule has 1 aliphatic heterocycles. The minimum absolute atomic E-state index is 0.00165. The number of para-hydroxylation sites is 1. The summed E-state index contributed by atoms with van der Waals surface area (Å²) in [4.78, 5) is 26.1. The van der Waals surface area contributed by atoms with E-state index in [1.807, 2.05) is 12.1 Å². The van der Waals surface area contributed by atoms with E-state index in [0.717, 1.165) is 37.1 Å². The van der Waals surface area contributed by atoms with Crippen molar-refractivity contribution in [1.82, 2.24) is 5.32 Å². The summed E-state index contributed by atoms with van der Waals surface area (Å²) < 4.78 is 0. The first-order valence-electron chi connectivity index (χ1n) is 11.0. The molecule has 0 aliphatic carbocycles. The van der Waals surface area contributed by atoms with Gasteiger partial charge in [-0.1, -0.05) is 55.8 Å². The zero-order valence-corrected chi connectivity index (χ0v) is 17.8. The van der Waals surface area contributed by atoms with Crippen LogP contribution in [0.2, 0.25) is 0 Å². The van der Waals surface area contributed by atoms with E-state index in [1.54, 1.807) is 12.1 Å². The molecule has 0 aromatic heterocycles. The second kappa shape index (κ2) is 10.8. The molecule has 1 heterocycles. The monoisotopic (exact) mass is 408 g/mol. The van der Waals surface area contributed by atoms with Gasteiger partial charge in [0.05, 0.1) is 18.9 Å². The Hall–Kier alpha value is -2.82. The van der Waals surface area contributed by atoms with Crippen molar-refractivity contribution in [2.75, 3.05) is 18.0 Å². The van der Waals surface area contributed by atoms with E-state index >= 15 is 0 Å². The van der Waals surface area contributed by atoms with Gasteiger partial charge < -0.3 is 15.3 Å². The molecule has 160 valence electrons. The van der Waals surface area contributed by atoms with Crippen molar-refractivity contribution in [3.8, 4) is 0 Å². The Morgan fingerprint density at radius 2 is 1.60 bits per heavy atom. The summed E-state index contributed by atoms with van der Waals surface area (Å²) in [5.41, 5.74) is 4.08. The number of benzene rings is 2. The summed E-state index contributed by atoms with van der Waals surface area (Å²) in [6, 6.07) is 15.7.